The van der Waals surface area contributed by atoms with Gasteiger partial charge in [0.05, 0.1) is 11.7 Å². The molecule has 0 saturated heterocycles. The van der Waals surface area contributed by atoms with Crippen LogP contribution in [0.2, 0.25) is 0 Å². The molecule has 1 amide bonds. The number of anilines is 1. The molecule has 0 aromatic heterocycles. The first-order valence-corrected chi connectivity index (χ1v) is 8.01. The van der Waals surface area contributed by atoms with Crippen LogP contribution in [0.15, 0.2) is 48.5 Å². The lowest BCUT2D eigenvalue weighted by molar-refractivity contribution is -0.121. The van der Waals surface area contributed by atoms with Crippen molar-refractivity contribution in [1.29, 1.82) is 0 Å². The second-order valence-corrected chi connectivity index (χ2v) is 5.63. The van der Waals surface area contributed by atoms with Gasteiger partial charge in [0.2, 0.25) is 0 Å². The fourth-order valence-electron chi connectivity index (χ4n) is 2.59. The number of nitrogens with zero attached hydrogens (tertiary/aromatic N) is 1. The average molecular weight is 360 g/mol. The van der Waals surface area contributed by atoms with E-state index in [9.17, 15) is 9.59 Å². The van der Waals surface area contributed by atoms with Crippen molar-refractivity contribution in [2.75, 3.05) is 16.8 Å². The second kappa shape index (κ2) is 6.32. The number of hydrogen-bond acceptors (Lipinski definition) is 3. The van der Waals surface area contributed by atoms with Gasteiger partial charge in [0.25, 0.3) is 5.91 Å². The smallest absolute Gasteiger partial charge is 0.265 e. The van der Waals surface area contributed by atoms with Crippen molar-refractivity contribution in [3.05, 3.63) is 59.7 Å². The van der Waals surface area contributed by atoms with Crippen molar-refractivity contribution in [1.82, 2.24) is 0 Å². The highest BCUT2D eigenvalue weighted by atomic mass is 79.9. The van der Waals surface area contributed by atoms with Crippen molar-refractivity contribution in [2.24, 2.45) is 0 Å². The van der Waals surface area contributed by atoms with E-state index in [1.807, 2.05) is 30.3 Å². The molecule has 1 aliphatic rings. The number of carbonyl (C=O) groups excluding carboxylic acids is 2. The van der Waals surface area contributed by atoms with E-state index in [1.165, 1.54) is 0 Å². The molecule has 0 aliphatic carbocycles. The molecule has 0 fully saturated rings. The van der Waals surface area contributed by atoms with Gasteiger partial charge < -0.3 is 4.74 Å². The normalized spacial score (nSPS) is 15.0. The van der Waals surface area contributed by atoms with Crippen LogP contribution in [-0.2, 0) is 4.79 Å². The number of benzene rings is 2. The lowest BCUT2D eigenvalue weighted by Crippen LogP contribution is -2.42. The summed E-state index contributed by atoms with van der Waals surface area (Å²) in [7, 11) is 0. The van der Waals surface area contributed by atoms with Gasteiger partial charge >= 0.3 is 0 Å². The molecule has 2 aromatic carbocycles. The van der Waals surface area contributed by atoms with Crippen molar-refractivity contribution >= 4 is 33.8 Å². The van der Waals surface area contributed by atoms with E-state index in [0.717, 1.165) is 11.8 Å². The SMILES string of the molecule is O=Cc1ccc2c(c1)N(C(CBr)c1ccccc1)C(=O)CO2. The summed E-state index contributed by atoms with van der Waals surface area (Å²) >= 11 is 3.50. The topological polar surface area (TPSA) is 46.6 Å². The molecular weight excluding hydrogens is 346 g/mol. The lowest BCUT2D eigenvalue weighted by atomic mass is 10.0. The van der Waals surface area contributed by atoms with Gasteiger partial charge in [-0.2, -0.15) is 0 Å². The number of aldehydes is 1. The average Bonchev–Trinajstić information content (AvgIpc) is 2.58. The maximum atomic E-state index is 12.4. The fourth-order valence-corrected chi connectivity index (χ4v) is 3.25. The first kappa shape index (κ1) is 14.8. The van der Waals surface area contributed by atoms with Crippen molar-refractivity contribution in [3.8, 4) is 5.75 Å². The highest BCUT2D eigenvalue weighted by Gasteiger charge is 2.32. The number of alkyl halides is 1. The minimum Gasteiger partial charge on any atom is -0.482 e. The molecular formula is C17H14BrNO3. The quantitative estimate of drug-likeness (QED) is 0.621. The van der Waals surface area contributed by atoms with Crippen molar-refractivity contribution in [3.63, 3.8) is 0 Å². The van der Waals surface area contributed by atoms with Crippen LogP contribution in [-0.4, -0.2) is 24.1 Å². The van der Waals surface area contributed by atoms with E-state index in [2.05, 4.69) is 15.9 Å². The van der Waals surface area contributed by atoms with Crippen LogP contribution in [0, 0.1) is 0 Å². The fraction of sp³-hybridized carbons (Fsp3) is 0.176. The third-order valence-corrected chi connectivity index (χ3v) is 4.25. The lowest BCUT2D eigenvalue weighted by Gasteiger charge is -2.35. The first-order valence-electron chi connectivity index (χ1n) is 6.89. The molecule has 0 radical (unpaired) electrons. The molecule has 0 bridgehead atoms. The second-order valence-electron chi connectivity index (χ2n) is 4.98. The Bertz CT molecular complexity index is 702. The monoisotopic (exact) mass is 359 g/mol. The van der Waals surface area contributed by atoms with Crippen LogP contribution in [0.25, 0.3) is 0 Å². The minimum absolute atomic E-state index is 0.00374. The number of hydrogen-bond donors (Lipinski definition) is 0. The minimum atomic E-state index is -0.154. The Morgan fingerprint density at radius 1 is 1.23 bits per heavy atom. The van der Waals surface area contributed by atoms with Gasteiger partial charge in [-0.3, -0.25) is 14.5 Å². The number of carbonyl (C=O) groups is 2. The summed E-state index contributed by atoms with van der Waals surface area (Å²) in [4.78, 5) is 25.2. The van der Waals surface area contributed by atoms with E-state index in [-0.39, 0.29) is 18.6 Å². The van der Waals surface area contributed by atoms with Gasteiger partial charge in [0.1, 0.15) is 12.0 Å². The summed E-state index contributed by atoms with van der Waals surface area (Å²) in [5, 5.41) is 0.591. The van der Waals surface area contributed by atoms with Gasteiger partial charge in [-0.1, -0.05) is 46.3 Å². The van der Waals surface area contributed by atoms with Crippen LogP contribution in [0.4, 0.5) is 5.69 Å². The van der Waals surface area contributed by atoms with Gasteiger partial charge in [-0.15, -0.1) is 0 Å². The maximum Gasteiger partial charge on any atom is 0.265 e. The van der Waals surface area contributed by atoms with Crippen molar-refractivity contribution in [2.45, 2.75) is 6.04 Å². The van der Waals surface area contributed by atoms with E-state index >= 15 is 0 Å². The first-order chi connectivity index (χ1) is 10.7. The molecule has 3 rings (SSSR count). The third kappa shape index (κ3) is 2.64. The Balaban J connectivity index is 2.09. The maximum absolute atomic E-state index is 12.4. The van der Waals surface area contributed by atoms with Crippen LogP contribution >= 0.6 is 15.9 Å². The Hall–Kier alpha value is -2.14. The van der Waals surface area contributed by atoms with Crippen LogP contribution in [0.1, 0.15) is 22.0 Å². The van der Waals surface area contributed by atoms with Crippen LogP contribution < -0.4 is 9.64 Å². The molecule has 1 atom stereocenters. The molecule has 4 nitrogen and oxygen atoms in total. The predicted molar refractivity (Wildman–Crippen MR) is 87.8 cm³/mol. The van der Waals surface area contributed by atoms with Gasteiger partial charge in [0.15, 0.2) is 6.61 Å². The number of amides is 1. The summed E-state index contributed by atoms with van der Waals surface area (Å²) in [6.45, 7) is 0.00374. The van der Waals surface area contributed by atoms with Gasteiger partial charge in [0, 0.05) is 10.9 Å². The molecule has 0 spiro atoms. The molecule has 112 valence electrons. The third-order valence-electron chi connectivity index (χ3n) is 3.64. The Morgan fingerprint density at radius 3 is 2.68 bits per heavy atom. The Labute approximate surface area is 136 Å². The van der Waals surface area contributed by atoms with Crippen LogP contribution in [0.3, 0.4) is 0 Å². The zero-order valence-corrected chi connectivity index (χ0v) is 13.3. The number of fused-ring (bicyclic) bond motifs is 1. The summed E-state index contributed by atoms with van der Waals surface area (Å²) in [6, 6.07) is 14.7. The van der Waals surface area contributed by atoms with E-state index in [1.54, 1.807) is 23.1 Å². The van der Waals surface area contributed by atoms with Gasteiger partial charge in [-0.25, -0.2) is 0 Å². The molecule has 5 heteroatoms. The highest BCUT2D eigenvalue weighted by molar-refractivity contribution is 9.09. The molecule has 0 N–H and O–H groups in total. The standard InChI is InChI=1S/C17H14BrNO3/c18-9-15(13-4-2-1-3-5-13)19-14-8-12(10-20)6-7-16(14)22-11-17(19)21/h1-8,10,15H,9,11H2. The number of halogens is 1. The van der Waals surface area contributed by atoms with Crippen molar-refractivity contribution < 1.29 is 14.3 Å². The molecule has 1 aliphatic heterocycles. The molecule has 2 aromatic rings. The zero-order valence-electron chi connectivity index (χ0n) is 11.7. The number of ether oxygens (including phenoxy) is 1. The summed E-state index contributed by atoms with van der Waals surface area (Å²) in [5.74, 6) is 0.496. The molecule has 22 heavy (non-hydrogen) atoms. The molecule has 1 unspecified atom stereocenters. The summed E-state index contributed by atoms with van der Waals surface area (Å²) < 4.78 is 5.47. The summed E-state index contributed by atoms with van der Waals surface area (Å²) in [6.07, 6.45) is 0.767. The Kier molecular flexibility index (Phi) is 4.24. The van der Waals surface area contributed by atoms with Crippen LogP contribution in [0.5, 0.6) is 5.75 Å². The molecule has 1 heterocycles. The Morgan fingerprint density at radius 2 is 2.00 bits per heavy atom. The highest BCUT2D eigenvalue weighted by Crippen LogP contribution is 2.38. The zero-order chi connectivity index (χ0) is 15.5. The molecule has 0 saturated carbocycles. The summed E-state index contributed by atoms with van der Waals surface area (Å²) in [5.41, 5.74) is 2.18. The van der Waals surface area contributed by atoms with E-state index in [0.29, 0.717) is 22.3 Å². The predicted octanol–water partition coefficient (Wildman–Crippen LogP) is 3.36. The largest absolute Gasteiger partial charge is 0.482 e. The number of rotatable bonds is 4. The van der Waals surface area contributed by atoms with Gasteiger partial charge in [-0.05, 0) is 23.8 Å². The van der Waals surface area contributed by atoms with E-state index in [4.69, 9.17) is 4.74 Å². The van der Waals surface area contributed by atoms with E-state index < -0.39 is 0 Å².